The fourth-order valence-corrected chi connectivity index (χ4v) is 2.93. The highest BCUT2D eigenvalue weighted by Crippen LogP contribution is 2.27. The molecule has 29 heavy (non-hydrogen) atoms. The van der Waals surface area contributed by atoms with Crippen LogP contribution in [0.4, 0.5) is 16.0 Å². The maximum atomic E-state index is 13.2. The number of benzene rings is 2. The number of nitrogens with zero attached hydrogens (tertiary/aromatic N) is 2. The van der Waals surface area contributed by atoms with Crippen molar-refractivity contribution in [3.63, 3.8) is 0 Å². The first-order chi connectivity index (χ1) is 14.1. The second kappa shape index (κ2) is 8.02. The normalized spacial score (nSPS) is 10.8. The molecule has 0 atom stereocenters. The van der Waals surface area contributed by atoms with Crippen LogP contribution in [0.2, 0.25) is 0 Å². The Morgan fingerprint density at radius 2 is 1.76 bits per heavy atom. The SMILES string of the molecule is Nc1ccc(-c2cc(Cc3ccc(OCc4cccc(F)c4)cc3)no2)c(N)n1. The van der Waals surface area contributed by atoms with Gasteiger partial charge in [-0.25, -0.2) is 9.37 Å². The van der Waals surface area contributed by atoms with Crippen molar-refractivity contribution >= 4 is 11.6 Å². The van der Waals surface area contributed by atoms with Crippen LogP contribution >= 0.6 is 0 Å². The largest absolute Gasteiger partial charge is 0.489 e. The number of rotatable bonds is 6. The molecule has 0 aliphatic rings. The molecule has 0 radical (unpaired) electrons. The zero-order valence-electron chi connectivity index (χ0n) is 15.5. The third-order valence-corrected chi connectivity index (χ3v) is 4.37. The molecule has 146 valence electrons. The molecule has 6 nitrogen and oxygen atoms in total. The summed E-state index contributed by atoms with van der Waals surface area (Å²) in [6.45, 7) is 0.306. The van der Waals surface area contributed by atoms with Crippen LogP contribution < -0.4 is 16.2 Å². The smallest absolute Gasteiger partial charge is 0.170 e. The first kappa shape index (κ1) is 18.5. The fourth-order valence-electron chi connectivity index (χ4n) is 2.93. The molecule has 4 N–H and O–H groups in total. The molecule has 0 aliphatic heterocycles. The maximum Gasteiger partial charge on any atom is 0.170 e. The molecule has 0 aliphatic carbocycles. The lowest BCUT2D eigenvalue weighted by atomic mass is 10.1. The van der Waals surface area contributed by atoms with Crippen molar-refractivity contribution < 1.29 is 13.7 Å². The molecule has 7 heteroatoms. The summed E-state index contributed by atoms with van der Waals surface area (Å²) in [5.41, 5.74) is 14.8. The van der Waals surface area contributed by atoms with Crippen LogP contribution in [0, 0.1) is 5.82 Å². The average molecular weight is 390 g/mol. The highest BCUT2D eigenvalue weighted by molar-refractivity contribution is 5.71. The Bertz CT molecular complexity index is 1130. The van der Waals surface area contributed by atoms with E-state index in [4.69, 9.17) is 20.7 Å². The van der Waals surface area contributed by atoms with E-state index in [1.54, 1.807) is 18.2 Å². The summed E-state index contributed by atoms with van der Waals surface area (Å²) in [6.07, 6.45) is 0.593. The second-order valence-electron chi connectivity index (χ2n) is 6.59. The van der Waals surface area contributed by atoms with Gasteiger partial charge < -0.3 is 20.7 Å². The van der Waals surface area contributed by atoms with Gasteiger partial charge in [-0.05, 0) is 47.5 Å². The van der Waals surface area contributed by atoms with Crippen molar-refractivity contribution in [3.05, 3.63) is 89.4 Å². The lowest BCUT2D eigenvalue weighted by Gasteiger charge is -2.07. The summed E-state index contributed by atoms with van der Waals surface area (Å²) in [7, 11) is 0. The van der Waals surface area contributed by atoms with Gasteiger partial charge in [0.25, 0.3) is 0 Å². The van der Waals surface area contributed by atoms with E-state index < -0.39 is 0 Å². The van der Waals surface area contributed by atoms with E-state index in [0.717, 1.165) is 16.8 Å². The summed E-state index contributed by atoms with van der Waals surface area (Å²) in [4.78, 5) is 4.03. The number of ether oxygens (including phenoxy) is 1. The van der Waals surface area contributed by atoms with Gasteiger partial charge in [-0.15, -0.1) is 0 Å². The van der Waals surface area contributed by atoms with Crippen LogP contribution in [0.5, 0.6) is 5.75 Å². The van der Waals surface area contributed by atoms with Crippen molar-refractivity contribution in [2.75, 3.05) is 11.5 Å². The molecule has 0 amide bonds. The number of hydrogen-bond acceptors (Lipinski definition) is 6. The van der Waals surface area contributed by atoms with Crippen molar-refractivity contribution in [1.82, 2.24) is 10.1 Å². The fraction of sp³-hybridized carbons (Fsp3) is 0.0909. The molecule has 0 bridgehead atoms. The van der Waals surface area contributed by atoms with Gasteiger partial charge in [0.15, 0.2) is 5.76 Å². The molecular weight excluding hydrogens is 371 g/mol. The Morgan fingerprint density at radius 1 is 0.931 bits per heavy atom. The van der Waals surface area contributed by atoms with Gasteiger partial charge in [0.2, 0.25) is 0 Å². The van der Waals surface area contributed by atoms with E-state index in [1.807, 2.05) is 36.4 Å². The average Bonchev–Trinajstić information content (AvgIpc) is 3.16. The molecule has 4 rings (SSSR count). The molecule has 0 fully saturated rings. The Morgan fingerprint density at radius 3 is 2.52 bits per heavy atom. The van der Waals surface area contributed by atoms with Crippen molar-refractivity contribution in [2.24, 2.45) is 0 Å². The summed E-state index contributed by atoms with van der Waals surface area (Å²) in [5, 5.41) is 4.10. The van der Waals surface area contributed by atoms with E-state index in [0.29, 0.717) is 41.7 Å². The van der Waals surface area contributed by atoms with Crippen LogP contribution in [0.1, 0.15) is 16.8 Å². The van der Waals surface area contributed by atoms with E-state index in [2.05, 4.69) is 10.1 Å². The number of halogens is 1. The summed E-state index contributed by atoms with van der Waals surface area (Å²) < 4.78 is 24.3. The minimum Gasteiger partial charge on any atom is -0.489 e. The molecule has 4 aromatic rings. The molecule has 2 heterocycles. The van der Waals surface area contributed by atoms with E-state index in [-0.39, 0.29) is 5.82 Å². The van der Waals surface area contributed by atoms with Crippen LogP contribution in [0.25, 0.3) is 11.3 Å². The second-order valence-corrected chi connectivity index (χ2v) is 6.59. The van der Waals surface area contributed by atoms with Gasteiger partial charge >= 0.3 is 0 Å². The first-order valence-electron chi connectivity index (χ1n) is 9.01. The molecule has 2 aromatic carbocycles. The monoisotopic (exact) mass is 390 g/mol. The van der Waals surface area contributed by atoms with Gasteiger partial charge in [-0.2, -0.15) is 0 Å². The third kappa shape index (κ3) is 4.52. The molecular formula is C22H19FN4O2. The van der Waals surface area contributed by atoms with Gasteiger partial charge in [0.1, 0.15) is 29.8 Å². The Kier molecular flexibility index (Phi) is 5.11. The van der Waals surface area contributed by atoms with E-state index >= 15 is 0 Å². The first-order valence-corrected chi connectivity index (χ1v) is 9.01. The lowest BCUT2D eigenvalue weighted by Crippen LogP contribution is -1.97. The van der Waals surface area contributed by atoms with Gasteiger partial charge in [-0.1, -0.05) is 29.4 Å². The highest BCUT2D eigenvalue weighted by Gasteiger charge is 2.11. The van der Waals surface area contributed by atoms with Crippen LogP contribution in [-0.4, -0.2) is 10.1 Å². The standard InChI is InChI=1S/C22H19FN4O2/c23-16-3-1-2-15(10-16)13-28-18-6-4-14(5-7-18)11-17-12-20(29-27-17)19-8-9-21(24)26-22(19)25/h1-10,12H,11,13H2,(H4,24,25,26). The Balaban J connectivity index is 1.39. The summed E-state index contributed by atoms with van der Waals surface area (Å²) in [6, 6.07) is 19.3. The minimum absolute atomic E-state index is 0.273. The topological polar surface area (TPSA) is 100 Å². The quantitative estimate of drug-likeness (QED) is 0.511. The Labute approximate surface area is 166 Å². The minimum atomic E-state index is -0.273. The molecule has 0 spiro atoms. The number of nitrogens with two attached hydrogens (primary N) is 2. The molecule has 0 saturated heterocycles. The van der Waals surface area contributed by atoms with E-state index in [9.17, 15) is 4.39 Å². The van der Waals surface area contributed by atoms with Crippen molar-refractivity contribution in [1.29, 1.82) is 0 Å². The number of aromatic nitrogens is 2. The Hall–Kier alpha value is -3.87. The van der Waals surface area contributed by atoms with Crippen LogP contribution in [-0.2, 0) is 13.0 Å². The highest BCUT2D eigenvalue weighted by atomic mass is 19.1. The summed E-state index contributed by atoms with van der Waals surface area (Å²) in [5.74, 6) is 1.63. The maximum absolute atomic E-state index is 13.2. The van der Waals surface area contributed by atoms with Crippen LogP contribution in [0.3, 0.4) is 0 Å². The number of pyridine rings is 1. The molecule has 2 aromatic heterocycles. The summed E-state index contributed by atoms with van der Waals surface area (Å²) >= 11 is 0. The number of nitrogen functional groups attached to an aromatic ring is 2. The van der Waals surface area contributed by atoms with Gasteiger partial charge in [0.05, 0.1) is 11.3 Å². The van der Waals surface area contributed by atoms with Crippen molar-refractivity contribution in [2.45, 2.75) is 13.0 Å². The predicted molar refractivity (Wildman–Crippen MR) is 109 cm³/mol. The third-order valence-electron chi connectivity index (χ3n) is 4.37. The zero-order valence-corrected chi connectivity index (χ0v) is 15.5. The van der Waals surface area contributed by atoms with E-state index in [1.165, 1.54) is 12.1 Å². The number of hydrogen-bond donors (Lipinski definition) is 2. The van der Waals surface area contributed by atoms with Gasteiger partial charge in [-0.3, -0.25) is 0 Å². The molecule has 0 unspecified atom stereocenters. The zero-order chi connectivity index (χ0) is 20.2. The van der Waals surface area contributed by atoms with Crippen molar-refractivity contribution in [3.8, 4) is 17.1 Å². The van der Waals surface area contributed by atoms with Crippen LogP contribution in [0.15, 0.2) is 71.3 Å². The number of anilines is 2. The lowest BCUT2D eigenvalue weighted by molar-refractivity contribution is 0.305. The molecule has 0 saturated carbocycles. The predicted octanol–water partition coefficient (Wildman–Crippen LogP) is 4.21. The van der Waals surface area contributed by atoms with Gasteiger partial charge in [0, 0.05) is 12.5 Å².